The van der Waals surface area contributed by atoms with Gasteiger partial charge in [0.25, 0.3) is 0 Å². The van der Waals surface area contributed by atoms with Crippen LogP contribution in [0.4, 0.5) is 5.69 Å². The molecule has 2 rings (SSSR count). The van der Waals surface area contributed by atoms with Crippen molar-refractivity contribution in [3.8, 4) is 5.69 Å². The van der Waals surface area contributed by atoms with E-state index in [1.165, 1.54) is 24.2 Å². The monoisotopic (exact) mass is 214 g/mol. The molecule has 2 nitrogen and oxygen atoms in total. The van der Waals surface area contributed by atoms with E-state index in [1.54, 1.807) is 0 Å². The van der Waals surface area contributed by atoms with Crippen molar-refractivity contribution in [1.29, 1.82) is 0 Å². The lowest BCUT2D eigenvalue weighted by molar-refractivity contribution is 0.834. The van der Waals surface area contributed by atoms with Gasteiger partial charge >= 0.3 is 0 Å². The molecular formula is C14H18N2. The fourth-order valence-electron chi connectivity index (χ4n) is 1.69. The molecule has 0 bridgehead atoms. The van der Waals surface area contributed by atoms with Crippen LogP contribution in [0.5, 0.6) is 0 Å². The number of benzene rings is 1. The van der Waals surface area contributed by atoms with Crippen molar-refractivity contribution < 1.29 is 0 Å². The average Bonchev–Trinajstić information content (AvgIpc) is 2.83. The van der Waals surface area contributed by atoms with E-state index in [4.69, 9.17) is 0 Å². The molecule has 0 atom stereocenters. The summed E-state index contributed by atoms with van der Waals surface area (Å²) in [5, 5.41) is 3.43. The van der Waals surface area contributed by atoms with Gasteiger partial charge in [-0.3, -0.25) is 0 Å². The highest BCUT2D eigenvalue weighted by Crippen LogP contribution is 2.14. The van der Waals surface area contributed by atoms with Crippen molar-refractivity contribution in [2.75, 3.05) is 11.9 Å². The van der Waals surface area contributed by atoms with Gasteiger partial charge in [0.1, 0.15) is 0 Å². The zero-order chi connectivity index (χ0) is 11.2. The third-order valence-electron chi connectivity index (χ3n) is 2.61. The second-order valence-corrected chi connectivity index (χ2v) is 3.92. The number of nitrogens with zero attached hydrogens (tertiary/aromatic N) is 1. The minimum absolute atomic E-state index is 1.05. The molecule has 0 saturated heterocycles. The van der Waals surface area contributed by atoms with E-state index in [1.807, 2.05) is 12.1 Å². The number of nitrogens with one attached hydrogen (secondary N) is 1. The Bertz CT molecular complexity index is 418. The lowest BCUT2D eigenvalue weighted by Gasteiger charge is -2.08. The van der Waals surface area contributed by atoms with Crippen molar-refractivity contribution in [2.24, 2.45) is 0 Å². The summed E-state index contributed by atoms with van der Waals surface area (Å²) in [6.07, 6.45) is 6.56. The summed E-state index contributed by atoms with van der Waals surface area (Å²) in [6.45, 7) is 3.25. The molecule has 0 aliphatic heterocycles. The number of rotatable bonds is 5. The number of hydrogen-bond acceptors (Lipinski definition) is 1. The van der Waals surface area contributed by atoms with E-state index in [0.717, 1.165) is 6.54 Å². The van der Waals surface area contributed by atoms with Crippen LogP contribution in [-0.4, -0.2) is 11.1 Å². The van der Waals surface area contributed by atoms with E-state index >= 15 is 0 Å². The molecule has 84 valence electrons. The summed E-state index contributed by atoms with van der Waals surface area (Å²) in [4.78, 5) is 0. The van der Waals surface area contributed by atoms with Crippen LogP contribution in [0.2, 0.25) is 0 Å². The van der Waals surface area contributed by atoms with Crippen LogP contribution >= 0.6 is 0 Å². The van der Waals surface area contributed by atoms with E-state index < -0.39 is 0 Å². The van der Waals surface area contributed by atoms with E-state index in [9.17, 15) is 0 Å². The van der Waals surface area contributed by atoms with E-state index in [0.29, 0.717) is 0 Å². The maximum Gasteiger partial charge on any atom is 0.0469 e. The summed E-state index contributed by atoms with van der Waals surface area (Å²) in [5.41, 5.74) is 2.39. The first-order valence-electron chi connectivity index (χ1n) is 5.87. The molecule has 0 fully saturated rings. The van der Waals surface area contributed by atoms with Gasteiger partial charge in [0, 0.05) is 30.3 Å². The van der Waals surface area contributed by atoms with E-state index in [2.05, 4.69) is 53.5 Å². The van der Waals surface area contributed by atoms with Crippen molar-refractivity contribution in [3.05, 3.63) is 48.8 Å². The summed E-state index contributed by atoms with van der Waals surface area (Å²) >= 11 is 0. The molecule has 1 aromatic heterocycles. The molecule has 0 aliphatic carbocycles. The minimum Gasteiger partial charge on any atom is -0.385 e. The number of anilines is 1. The molecule has 2 aromatic rings. The number of hydrogen-bond donors (Lipinski definition) is 1. The highest BCUT2D eigenvalue weighted by molar-refractivity contribution is 5.51. The van der Waals surface area contributed by atoms with Gasteiger partial charge in [-0.1, -0.05) is 19.4 Å². The van der Waals surface area contributed by atoms with Gasteiger partial charge in [0.2, 0.25) is 0 Å². The Labute approximate surface area is 96.9 Å². The summed E-state index contributed by atoms with van der Waals surface area (Å²) < 4.78 is 2.12. The molecular weight excluding hydrogens is 196 g/mol. The second kappa shape index (κ2) is 5.40. The van der Waals surface area contributed by atoms with Gasteiger partial charge in [0.15, 0.2) is 0 Å². The summed E-state index contributed by atoms with van der Waals surface area (Å²) in [5.74, 6) is 0. The predicted molar refractivity (Wildman–Crippen MR) is 69.2 cm³/mol. The smallest absolute Gasteiger partial charge is 0.0469 e. The van der Waals surface area contributed by atoms with Gasteiger partial charge in [-0.25, -0.2) is 0 Å². The van der Waals surface area contributed by atoms with Crippen molar-refractivity contribution in [1.82, 2.24) is 4.57 Å². The normalized spacial score (nSPS) is 10.3. The van der Waals surface area contributed by atoms with Crippen LogP contribution in [-0.2, 0) is 0 Å². The maximum absolute atomic E-state index is 3.43. The summed E-state index contributed by atoms with van der Waals surface area (Å²) in [7, 11) is 0. The van der Waals surface area contributed by atoms with Gasteiger partial charge in [0.05, 0.1) is 0 Å². The SMILES string of the molecule is CCCCNc1cccc(-n2cccc2)c1. The van der Waals surface area contributed by atoms with Gasteiger partial charge < -0.3 is 9.88 Å². The first-order chi connectivity index (χ1) is 7.90. The Morgan fingerprint density at radius 2 is 1.94 bits per heavy atom. The molecule has 0 spiro atoms. The van der Waals surface area contributed by atoms with E-state index in [-0.39, 0.29) is 0 Å². The molecule has 1 N–H and O–H groups in total. The van der Waals surface area contributed by atoms with Crippen LogP contribution in [0.15, 0.2) is 48.8 Å². The lowest BCUT2D eigenvalue weighted by atomic mass is 10.2. The number of unbranched alkanes of at least 4 members (excludes halogenated alkanes) is 1. The molecule has 1 aromatic carbocycles. The lowest BCUT2D eigenvalue weighted by Crippen LogP contribution is -2.01. The van der Waals surface area contributed by atoms with Gasteiger partial charge in [-0.15, -0.1) is 0 Å². The zero-order valence-corrected chi connectivity index (χ0v) is 9.69. The quantitative estimate of drug-likeness (QED) is 0.751. The molecule has 0 radical (unpaired) electrons. The van der Waals surface area contributed by atoms with Crippen molar-refractivity contribution >= 4 is 5.69 Å². The first kappa shape index (κ1) is 10.8. The maximum atomic E-state index is 3.43. The second-order valence-electron chi connectivity index (χ2n) is 3.92. The molecule has 0 aliphatic rings. The van der Waals surface area contributed by atoms with Crippen LogP contribution < -0.4 is 5.32 Å². The molecule has 2 heteroatoms. The molecule has 0 amide bonds. The zero-order valence-electron chi connectivity index (χ0n) is 9.69. The Morgan fingerprint density at radius 3 is 2.69 bits per heavy atom. The van der Waals surface area contributed by atoms with Crippen LogP contribution in [0, 0.1) is 0 Å². The summed E-state index contributed by atoms with van der Waals surface area (Å²) in [6, 6.07) is 12.6. The average molecular weight is 214 g/mol. The number of aromatic nitrogens is 1. The Kier molecular flexibility index (Phi) is 3.65. The van der Waals surface area contributed by atoms with Crippen molar-refractivity contribution in [2.45, 2.75) is 19.8 Å². The fraction of sp³-hybridized carbons (Fsp3) is 0.286. The highest BCUT2D eigenvalue weighted by atomic mass is 14.9. The standard InChI is InChI=1S/C14H18N2/c1-2-3-9-15-13-7-6-8-14(12-13)16-10-4-5-11-16/h4-8,10-12,15H,2-3,9H2,1H3. The Morgan fingerprint density at radius 1 is 1.12 bits per heavy atom. The van der Waals surface area contributed by atoms with Crippen LogP contribution in [0.3, 0.4) is 0 Å². The largest absolute Gasteiger partial charge is 0.385 e. The van der Waals surface area contributed by atoms with Gasteiger partial charge in [-0.05, 0) is 36.8 Å². The highest BCUT2D eigenvalue weighted by Gasteiger charge is 1.96. The van der Waals surface area contributed by atoms with Crippen molar-refractivity contribution in [3.63, 3.8) is 0 Å². The third-order valence-corrected chi connectivity index (χ3v) is 2.61. The molecule has 0 unspecified atom stereocenters. The topological polar surface area (TPSA) is 17.0 Å². The van der Waals surface area contributed by atoms with Gasteiger partial charge in [-0.2, -0.15) is 0 Å². The molecule has 0 saturated carbocycles. The Balaban J connectivity index is 2.08. The first-order valence-corrected chi connectivity index (χ1v) is 5.87. The fourth-order valence-corrected chi connectivity index (χ4v) is 1.69. The van der Waals surface area contributed by atoms with Crippen LogP contribution in [0.1, 0.15) is 19.8 Å². The Hall–Kier alpha value is -1.70. The van der Waals surface area contributed by atoms with Crippen LogP contribution in [0.25, 0.3) is 5.69 Å². The molecule has 16 heavy (non-hydrogen) atoms. The third kappa shape index (κ3) is 2.66. The minimum atomic E-state index is 1.05. The molecule has 1 heterocycles. The predicted octanol–water partition coefficient (Wildman–Crippen LogP) is 3.69.